The molecule has 0 aliphatic carbocycles. The van der Waals surface area contributed by atoms with Crippen molar-refractivity contribution in [3.05, 3.63) is 89.7 Å². The molecular weight excluding hydrogens is 374 g/mol. The maximum Gasteiger partial charge on any atom is 0.244 e. The first-order chi connectivity index (χ1) is 14.7. The fourth-order valence-corrected chi connectivity index (χ4v) is 3.53. The van der Waals surface area contributed by atoms with E-state index in [0.717, 1.165) is 40.3 Å². The average Bonchev–Trinajstić information content (AvgIpc) is 3.11. The van der Waals surface area contributed by atoms with Crippen LogP contribution in [0.5, 0.6) is 5.75 Å². The highest BCUT2D eigenvalue weighted by Crippen LogP contribution is 2.20. The number of carbonyl (C=O) groups excluding carboxylic acids is 1. The highest BCUT2D eigenvalue weighted by molar-refractivity contribution is 5.91. The van der Waals surface area contributed by atoms with Crippen LogP contribution in [-0.4, -0.2) is 22.6 Å². The van der Waals surface area contributed by atoms with E-state index in [1.165, 1.54) is 5.56 Å². The summed E-state index contributed by atoms with van der Waals surface area (Å²) in [4.78, 5) is 17.6. The molecule has 3 aromatic carbocycles. The Labute approximate surface area is 176 Å². The Morgan fingerprint density at radius 1 is 0.967 bits per heavy atom. The third-order valence-corrected chi connectivity index (χ3v) is 5.20. The number of rotatable bonds is 7. The van der Waals surface area contributed by atoms with Crippen molar-refractivity contribution >= 4 is 22.6 Å². The molecule has 5 heteroatoms. The molecule has 152 valence electrons. The molecule has 1 N–H and O–H groups in total. The van der Waals surface area contributed by atoms with Crippen molar-refractivity contribution in [2.75, 3.05) is 12.4 Å². The molecule has 1 aromatic heterocycles. The highest BCUT2D eigenvalue weighted by Gasteiger charge is 2.14. The molecule has 0 saturated heterocycles. The van der Waals surface area contributed by atoms with Gasteiger partial charge in [-0.3, -0.25) is 4.79 Å². The number of benzene rings is 3. The SMILES string of the molecule is CCc1ccc(NC(=O)Cn2c(Cc3ccc(OC)cc3)nc3ccccc32)cc1. The van der Waals surface area contributed by atoms with Crippen molar-refractivity contribution in [2.45, 2.75) is 26.3 Å². The summed E-state index contributed by atoms with van der Waals surface area (Å²) in [7, 11) is 1.66. The number of nitrogens with zero attached hydrogens (tertiary/aromatic N) is 2. The molecule has 0 unspecified atom stereocenters. The molecule has 0 aliphatic heterocycles. The lowest BCUT2D eigenvalue weighted by Crippen LogP contribution is -2.20. The number of methoxy groups -OCH3 is 1. The third-order valence-electron chi connectivity index (χ3n) is 5.20. The predicted octanol–water partition coefficient (Wildman–Crippen LogP) is 4.84. The number of carbonyl (C=O) groups is 1. The first kappa shape index (κ1) is 19.7. The fourth-order valence-electron chi connectivity index (χ4n) is 3.53. The van der Waals surface area contributed by atoms with Crippen molar-refractivity contribution in [1.82, 2.24) is 9.55 Å². The van der Waals surface area contributed by atoms with E-state index in [1.807, 2.05) is 77.4 Å². The first-order valence-corrected chi connectivity index (χ1v) is 10.1. The van der Waals surface area contributed by atoms with Gasteiger partial charge in [-0.2, -0.15) is 0 Å². The molecule has 0 spiro atoms. The summed E-state index contributed by atoms with van der Waals surface area (Å²) in [6.07, 6.45) is 1.61. The number of para-hydroxylation sites is 2. The largest absolute Gasteiger partial charge is 0.497 e. The van der Waals surface area contributed by atoms with Crippen LogP contribution in [0.2, 0.25) is 0 Å². The quantitative estimate of drug-likeness (QED) is 0.484. The van der Waals surface area contributed by atoms with Crippen LogP contribution in [0.15, 0.2) is 72.8 Å². The Morgan fingerprint density at radius 3 is 2.37 bits per heavy atom. The lowest BCUT2D eigenvalue weighted by Gasteiger charge is -2.11. The van der Waals surface area contributed by atoms with E-state index in [1.54, 1.807) is 7.11 Å². The van der Waals surface area contributed by atoms with Gasteiger partial charge in [0.1, 0.15) is 18.1 Å². The Balaban J connectivity index is 1.58. The minimum atomic E-state index is -0.0709. The number of aryl methyl sites for hydroxylation is 1. The van der Waals surface area contributed by atoms with Gasteiger partial charge in [0.05, 0.1) is 18.1 Å². The van der Waals surface area contributed by atoms with Gasteiger partial charge in [-0.05, 0) is 53.9 Å². The van der Waals surface area contributed by atoms with Crippen LogP contribution in [0.25, 0.3) is 11.0 Å². The zero-order valence-corrected chi connectivity index (χ0v) is 17.3. The van der Waals surface area contributed by atoms with Crippen LogP contribution in [0, 0.1) is 0 Å². The van der Waals surface area contributed by atoms with E-state index in [9.17, 15) is 4.79 Å². The third kappa shape index (κ3) is 4.35. The van der Waals surface area contributed by atoms with Gasteiger partial charge in [-0.15, -0.1) is 0 Å². The molecule has 0 fully saturated rings. The second-order valence-corrected chi connectivity index (χ2v) is 7.23. The Hall–Kier alpha value is -3.60. The predicted molar refractivity (Wildman–Crippen MR) is 120 cm³/mol. The molecule has 1 amide bonds. The van der Waals surface area contributed by atoms with E-state index in [-0.39, 0.29) is 12.5 Å². The number of ether oxygens (including phenoxy) is 1. The molecule has 4 rings (SSSR count). The summed E-state index contributed by atoms with van der Waals surface area (Å²) in [6.45, 7) is 2.32. The van der Waals surface area contributed by atoms with Crippen LogP contribution in [-0.2, 0) is 24.2 Å². The van der Waals surface area contributed by atoms with E-state index >= 15 is 0 Å². The minimum Gasteiger partial charge on any atom is -0.497 e. The van der Waals surface area contributed by atoms with Gasteiger partial charge in [0.15, 0.2) is 0 Å². The number of amides is 1. The molecule has 5 nitrogen and oxygen atoms in total. The first-order valence-electron chi connectivity index (χ1n) is 10.1. The Kier molecular flexibility index (Phi) is 5.80. The van der Waals surface area contributed by atoms with Crippen LogP contribution in [0.4, 0.5) is 5.69 Å². The molecular formula is C25H25N3O2. The van der Waals surface area contributed by atoms with Crippen molar-refractivity contribution < 1.29 is 9.53 Å². The van der Waals surface area contributed by atoms with E-state index in [4.69, 9.17) is 9.72 Å². The molecule has 1 heterocycles. The van der Waals surface area contributed by atoms with Crippen LogP contribution in [0.1, 0.15) is 23.9 Å². The van der Waals surface area contributed by atoms with Gasteiger partial charge in [0, 0.05) is 12.1 Å². The fraction of sp³-hybridized carbons (Fsp3) is 0.200. The number of anilines is 1. The van der Waals surface area contributed by atoms with Crippen LogP contribution in [0.3, 0.4) is 0 Å². The van der Waals surface area contributed by atoms with Gasteiger partial charge < -0.3 is 14.6 Å². The molecule has 0 bridgehead atoms. The second-order valence-electron chi connectivity index (χ2n) is 7.23. The Bertz CT molecular complexity index is 1150. The smallest absolute Gasteiger partial charge is 0.244 e. The molecule has 30 heavy (non-hydrogen) atoms. The number of aromatic nitrogens is 2. The number of hydrogen-bond acceptors (Lipinski definition) is 3. The standard InChI is InChI=1S/C25H25N3O2/c1-3-18-8-12-20(13-9-18)26-25(29)17-28-23-7-5-4-6-22(23)27-24(28)16-19-10-14-21(30-2)15-11-19/h4-15H,3,16-17H2,1-2H3,(H,26,29). The molecule has 0 aliphatic rings. The Morgan fingerprint density at radius 2 is 1.67 bits per heavy atom. The maximum absolute atomic E-state index is 12.8. The number of fused-ring (bicyclic) bond motifs is 1. The number of imidazole rings is 1. The normalized spacial score (nSPS) is 10.9. The van der Waals surface area contributed by atoms with Crippen LogP contribution < -0.4 is 10.1 Å². The van der Waals surface area contributed by atoms with Gasteiger partial charge in [0.2, 0.25) is 5.91 Å². The zero-order valence-electron chi connectivity index (χ0n) is 17.3. The van der Waals surface area contributed by atoms with E-state index in [2.05, 4.69) is 12.2 Å². The highest BCUT2D eigenvalue weighted by atomic mass is 16.5. The summed E-state index contributed by atoms with van der Waals surface area (Å²) in [5.74, 6) is 1.61. The summed E-state index contributed by atoms with van der Waals surface area (Å²) in [6, 6.07) is 23.8. The van der Waals surface area contributed by atoms with Gasteiger partial charge in [-0.1, -0.05) is 43.3 Å². The summed E-state index contributed by atoms with van der Waals surface area (Å²) in [5.41, 5.74) is 5.01. The van der Waals surface area contributed by atoms with Crippen molar-refractivity contribution in [3.63, 3.8) is 0 Å². The lowest BCUT2D eigenvalue weighted by atomic mass is 10.1. The van der Waals surface area contributed by atoms with Gasteiger partial charge in [-0.25, -0.2) is 4.98 Å². The second kappa shape index (κ2) is 8.82. The lowest BCUT2D eigenvalue weighted by molar-refractivity contribution is -0.116. The summed E-state index contributed by atoms with van der Waals surface area (Å²) in [5, 5.41) is 3.00. The molecule has 4 aromatic rings. The summed E-state index contributed by atoms with van der Waals surface area (Å²) < 4.78 is 7.24. The molecule has 0 saturated carbocycles. The summed E-state index contributed by atoms with van der Waals surface area (Å²) >= 11 is 0. The van der Waals surface area contributed by atoms with E-state index in [0.29, 0.717) is 6.42 Å². The average molecular weight is 399 g/mol. The minimum absolute atomic E-state index is 0.0709. The van der Waals surface area contributed by atoms with Crippen LogP contribution >= 0.6 is 0 Å². The number of nitrogens with one attached hydrogen (secondary N) is 1. The monoisotopic (exact) mass is 399 g/mol. The topological polar surface area (TPSA) is 56.2 Å². The van der Waals surface area contributed by atoms with Gasteiger partial charge >= 0.3 is 0 Å². The van der Waals surface area contributed by atoms with Crippen molar-refractivity contribution in [2.24, 2.45) is 0 Å². The van der Waals surface area contributed by atoms with Gasteiger partial charge in [0.25, 0.3) is 0 Å². The van der Waals surface area contributed by atoms with Crippen molar-refractivity contribution in [3.8, 4) is 5.75 Å². The molecule has 0 radical (unpaired) electrons. The van der Waals surface area contributed by atoms with E-state index < -0.39 is 0 Å². The number of hydrogen-bond donors (Lipinski definition) is 1. The zero-order chi connectivity index (χ0) is 20.9. The molecule has 0 atom stereocenters. The maximum atomic E-state index is 12.8. The van der Waals surface area contributed by atoms with Crippen molar-refractivity contribution in [1.29, 1.82) is 0 Å².